The highest BCUT2D eigenvalue weighted by Crippen LogP contribution is 2.22. The zero-order chi connectivity index (χ0) is 19.1. The minimum absolute atomic E-state index is 0.181. The molecule has 5 nitrogen and oxygen atoms in total. The van der Waals surface area contributed by atoms with Gasteiger partial charge in [0, 0.05) is 0 Å². The average Bonchev–Trinajstić information content (AvgIpc) is 2.61. The van der Waals surface area contributed by atoms with E-state index < -0.39 is 5.97 Å². The summed E-state index contributed by atoms with van der Waals surface area (Å²) in [4.78, 5) is 23.7. The van der Waals surface area contributed by atoms with Crippen molar-refractivity contribution < 1.29 is 19.1 Å². The van der Waals surface area contributed by atoms with Crippen molar-refractivity contribution >= 4 is 23.5 Å². The maximum atomic E-state index is 12.0. The lowest BCUT2D eigenvalue weighted by molar-refractivity contribution is -0.150. The topological polar surface area (TPSA) is 64.6 Å². The number of carbonyl (C=O) groups excluding carboxylic acids is 2. The van der Waals surface area contributed by atoms with Gasteiger partial charge in [-0.1, -0.05) is 41.9 Å². The molecular weight excluding hydrogens is 354 g/mol. The zero-order valence-electron chi connectivity index (χ0n) is 15.0. The van der Waals surface area contributed by atoms with Crippen molar-refractivity contribution in [3.05, 3.63) is 64.2 Å². The Morgan fingerprint density at radius 1 is 1.08 bits per heavy atom. The Morgan fingerprint density at radius 2 is 1.81 bits per heavy atom. The first kappa shape index (κ1) is 19.8. The molecule has 1 unspecified atom stereocenters. The van der Waals surface area contributed by atoms with Crippen molar-refractivity contribution in [3.63, 3.8) is 0 Å². The van der Waals surface area contributed by atoms with Gasteiger partial charge in [0.25, 0.3) is 5.91 Å². The number of nitrogens with one attached hydrogen (secondary N) is 1. The van der Waals surface area contributed by atoms with E-state index in [0.29, 0.717) is 10.8 Å². The van der Waals surface area contributed by atoms with Crippen LogP contribution < -0.4 is 10.1 Å². The van der Waals surface area contributed by atoms with Crippen LogP contribution in [0.5, 0.6) is 5.75 Å². The molecule has 0 fully saturated rings. The van der Waals surface area contributed by atoms with E-state index in [-0.39, 0.29) is 25.2 Å². The molecule has 2 aromatic carbocycles. The highest BCUT2D eigenvalue weighted by atomic mass is 35.5. The number of aryl methyl sites for hydroxylation is 2. The van der Waals surface area contributed by atoms with Crippen LogP contribution in [0.25, 0.3) is 0 Å². The molecule has 0 aliphatic heterocycles. The maximum Gasteiger partial charge on any atom is 0.344 e. The van der Waals surface area contributed by atoms with Gasteiger partial charge in [0.1, 0.15) is 5.75 Å². The fourth-order valence-electron chi connectivity index (χ4n) is 2.29. The van der Waals surface area contributed by atoms with E-state index in [9.17, 15) is 9.59 Å². The first-order valence-electron chi connectivity index (χ1n) is 8.26. The minimum atomic E-state index is -0.640. The van der Waals surface area contributed by atoms with E-state index in [1.807, 2.05) is 39.0 Å². The third-order valence-electron chi connectivity index (χ3n) is 3.95. The molecule has 2 aromatic rings. The molecule has 0 heterocycles. The molecule has 26 heavy (non-hydrogen) atoms. The van der Waals surface area contributed by atoms with Crippen molar-refractivity contribution in [2.75, 3.05) is 13.2 Å². The molecule has 1 amide bonds. The summed E-state index contributed by atoms with van der Waals surface area (Å²) >= 11 is 5.93. The van der Waals surface area contributed by atoms with E-state index >= 15 is 0 Å². The summed E-state index contributed by atoms with van der Waals surface area (Å²) in [5.74, 6) is -0.625. The number of amides is 1. The summed E-state index contributed by atoms with van der Waals surface area (Å²) in [6.45, 7) is 5.26. The molecule has 2 rings (SSSR count). The van der Waals surface area contributed by atoms with Crippen LogP contribution in [-0.2, 0) is 14.3 Å². The van der Waals surface area contributed by atoms with E-state index in [0.717, 1.165) is 11.1 Å². The predicted molar refractivity (Wildman–Crippen MR) is 100 cm³/mol. The number of hydrogen-bond donors (Lipinski definition) is 1. The fraction of sp³-hybridized carbons (Fsp3) is 0.300. The average molecular weight is 376 g/mol. The van der Waals surface area contributed by atoms with Crippen LogP contribution in [0.3, 0.4) is 0 Å². The van der Waals surface area contributed by atoms with Gasteiger partial charge in [0.2, 0.25) is 0 Å². The molecule has 1 N–H and O–H groups in total. The van der Waals surface area contributed by atoms with Crippen LogP contribution in [0, 0.1) is 13.8 Å². The summed E-state index contributed by atoms with van der Waals surface area (Å²) in [7, 11) is 0. The normalized spacial score (nSPS) is 11.5. The van der Waals surface area contributed by atoms with Gasteiger partial charge in [0.15, 0.2) is 13.2 Å². The lowest BCUT2D eigenvalue weighted by atomic mass is 10.0. The highest BCUT2D eigenvalue weighted by molar-refractivity contribution is 6.32. The smallest absolute Gasteiger partial charge is 0.344 e. The Labute approximate surface area is 158 Å². The van der Waals surface area contributed by atoms with E-state index in [2.05, 4.69) is 5.32 Å². The van der Waals surface area contributed by atoms with Gasteiger partial charge in [-0.15, -0.1) is 0 Å². The number of esters is 1. The SMILES string of the molecule is Cc1ccc(C(C)NC(=O)COC(=O)COc2ccccc2Cl)cc1C. The van der Waals surface area contributed by atoms with E-state index in [4.69, 9.17) is 21.1 Å². The van der Waals surface area contributed by atoms with Gasteiger partial charge < -0.3 is 14.8 Å². The molecule has 0 aliphatic carbocycles. The summed E-state index contributed by atoms with van der Waals surface area (Å²) in [6.07, 6.45) is 0. The fourth-order valence-corrected chi connectivity index (χ4v) is 2.48. The van der Waals surface area contributed by atoms with Crippen molar-refractivity contribution in [2.24, 2.45) is 0 Å². The van der Waals surface area contributed by atoms with Crippen molar-refractivity contribution in [1.29, 1.82) is 0 Å². The monoisotopic (exact) mass is 375 g/mol. The Morgan fingerprint density at radius 3 is 2.50 bits per heavy atom. The molecular formula is C20H22ClNO4. The first-order valence-corrected chi connectivity index (χ1v) is 8.64. The van der Waals surface area contributed by atoms with Gasteiger partial charge in [-0.2, -0.15) is 0 Å². The minimum Gasteiger partial charge on any atom is -0.480 e. The van der Waals surface area contributed by atoms with E-state index in [1.54, 1.807) is 24.3 Å². The van der Waals surface area contributed by atoms with Gasteiger partial charge in [-0.25, -0.2) is 4.79 Å². The second-order valence-corrected chi connectivity index (χ2v) is 6.42. The number of benzene rings is 2. The standard InChI is InChI=1S/C20H22ClNO4/c1-13-8-9-16(10-14(13)2)15(3)22-19(23)11-26-20(24)12-25-18-7-5-4-6-17(18)21/h4-10,15H,11-12H2,1-3H3,(H,22,23). The Hall–Kier alpha value is -2.53. The molecule has 0 aromatic heterocycles. The van der Waals surface area contributed by atoms with Crippen LogP contribution in [-0.4, -0.2) is 25.1 Å². The second kappa shape index (κ2) is 9.25. The zero-order valence-corrected chi connectivity index (χ0v) is 15.8. The third-order valence-corrected chi connectivity index (χ3v) is 4.27. The number of rotatable bonds is 7. The van der Waals surface area contributed by atoms with E-state index in [1.165, 1.54) is 5.56 Å². The number of carbonyl (C=O) groups is 2. The first-order chi connectivity index (χ1) is 12.4. The number of hydrogen-bond acceptors (Lipinski definition) is 4. The van der Waals surface area contributed by atoms with Gasteiger partial charge in [0.05, 0.1) is 11.1 Å². The van der Waals surface area contributed by atoms with Crippen molar-refractivity contribution in [2.45, 2.75) is 26.8 Å². The Bertz CT molecular complexity index is 791. The molecule has 0 aliphatic rings. The Kier molecular flexibility index (Phi) is 7.04. The van der Waals surface area contributed by atoms with Crippen LogP contribution >= 0.6 is 11.6 Å². The predicted octanol–water partition coefficient (Wildman–Crippen LogP) is 3.76. The van der Waals surface area contributed by atoms with Gasteiger partial charge in [-0.3, -0.25) is 4.79 Å². The quantitative estimate of drug-likeness (QED) is 0.748. The van der Waals surface area contributed by atoms with Crippen LogP contribution in [0.15, 0.2) is 42.5 Å². The summed E-state index contributed by atoms with van der Waals surface area (Å²) in [6, 6.07) is 12.6. The molecule has 0 spiro atoms. The third kappa shape index (κ3) is 5.77. The highest BCUT2D eigenvalue weighted by Gasteiger charge is 2.13. The van der Waals surface area contributed by atoms with Gasteiger partial charge in [-0.05, 0) is 49.6 Å². The van der Waals surface area contributed by atoms with Crippen LogP contribution in [0.4, 0.5) is 0 Å². The second-order valence-electron chi connectivity index (χ2n) is 6.01. The lowest BCUT2D eigenvalue weighted by Crippen LogP contribution is -2.32. The van der Waals surface area contributed by atoms with Crippen molar-refractivity contribution in [1.82, 2.24) is 5.32 Å². The number of halogens is 1. The Balaban J connectivity index is 1.76. The molecule has 0 bridgehead atoms. The number of ether oxygens (including phenoxy) is 2. The molecule has 6 heteroatoms. The summed E-state index contributed by atoms with van der Waals surface area (Å²) < 4.78 is 10.2. The molecule has 0 saturated carbocycles. The van der Waals surface area contributed by atoms with Crippen LogP contribution in [0.1, 0.15) is 29.7 Å². The molecule has 0 radical (unpaired) electrons. The van der Waals surface area contributed by atoms with Crippen molar-refractivity contribution in [3.8, 4) is 5.75 Å². The summed E-state index contributed by atoms with van der Waals surface area (Å²) in [5, 5.41) is 3.21. The molecule has 0 saturated heterocycles. The largest absolute Gasteiger partial charge is 0.480 e. The lowest BCUT2D eigenvalue weighted by Gasteiger charge is -2.16. The van der Waals surface area contributed by atoms with Gasteiger partial charge >= 0.3 is 5.97 Å². The molecule has 138 valence electrons. The number of para-hydroxylation sites is 1. The molecule has 1 atom stereocenters. The maximum absolute atomic E-state index is 12.0. The summed E-state index contributed by atoms with van der Waals surface area (Å²) in [5.41, 5.74) is 3.35. The van der Waals surface area contributed by atoms with Crippen LogP contribution in [0.2, 0.25) is 5.02 Å².